The van der Waals surface area contributed by atoms with E-state index in [0.29, 0.717) is 0 Å². The number of aryl methyl sites for hydroxylation is 3. The smallest absolute Gasteiger partial charge is 0.237 e. The van der Waals surface area contributed by atoms with Crippen LogP contribution < -0.4 is 5.32 Å². The van der Waals surface area contributed by atoms with Crippen molar-refractivity contribution in [2.45, 2.75) is 31.2 Å². The van der Waals surface area contributed by atoms with Gasteiger partial charge < -0.3 is 9.88 Å². The number of nitrogens with zero attached hydrogens (tertiary/aromatic N) is 3. The molecule has 1 aromatic carbocycles. The Morgan fingerprint density at radius 2 is 2.00 bits per heavy atom. The minimum absolute atomic E-state index is 0.0320. The van der Waals surface area contributed by atoms with Crippen LogP contribution >= 0.6 is 11.8 Å². The van der Waals surface area contributed by atoms with E-state index in [9.17, 15) is 4.79 Å². The van der Waals surface area contributed by atoms with Gasteiger partial charge in [0.15, 0.2) is 5.16 Å². The van der Waals surface area contributed by atoms with Gasteiger partial charge in [-0.3, -0.25) is 4.79 Å². The van der Waals surface area contributed by atoms with Gasteiger partial charge in [0.1, 0.15) is 6.33 Å². The van der Waals surface area contributed by atoms with Gasteiger partial charge in [-0.15, -0.1) is 10.2 Å². The third-order valence-electron chi connectivity index (χ3n) is 3.05. The monoisotopic (exact) mass is 290 g/mol. The second-order valence-corrected chi connectivity index (χ2v) is 6.05. The quantitative estimate of drug-likeness (QED) is 0.879. The van der Waals surface area contributed by atoms with E-state index in [1.807, 2.05) is 46.0 Å². The molecule has 0 unspecified atom stereocenters. The molecule has 2 rings (SSSR count). The zero-order chi connectivity index (χ0) is 14.7. The van der Waals surface area contributed by atoms with E-state index < -0.39 is 0 Å². The van der Waals surface area contributed by atoms with Crippen LogP contribution in [0.5, 0.6) is 0 Å². The molecule has 1 heterocycles. The summed E-state index contributed by atoms with van der Waals surface area (Å²) in [7, 11) is 1.86. The molecule has 0 radical (unpaired) electrons. The van der Waals surface area contributed by atoms with Crippen molar-refractivity contribution in [1.29, 1.82) is 0 Å². The van der Waals surface area contributed by atoms with Crippen LogP contribution in [0, 0.1) is 13.8 Å². The molecule has 106 valence electrons. The highest BCUT2D eigenvalue weighted by Gasteiger charge is 2.18. The van der Waals surface area contributed by atoms with Gasteiger partial charge in [0.05, 0.1) is 5.25 Å². The van der Waals surface area contributed by atoms with Crippen molar-refractivity contribution in [2.24, 2.45) is 7.05 Å². The Hall–Kier alpha value is -1.82. The summed E-state index contributed by atoms with van der Waals surface area (Å²) in [5, 5.41) is 11.3. The fraction of sp³-hybridized carbons (Fsp3) is 0.357. The van der Waals surface area contributed by atoms with Crippen LogP contribution in [0.2, 0.25) is 0 Å². The Morgan fingerprint density at radius 3 is 2.55 bits per heavy atom. The fourth-order valence-corrected chi connectivity index (χ4v) is 2.62. The molecule has 0 aliphatic rings. The number of carbonyl (C=O) groups excluding carboxylic acids is 1. The van der Waals surface area contributed by atoms with E-state index in [4.69, 9.17) is 0 Å². The third kappa shape index (κ3) is 3.19. The summed E-state index contributed by atoms with van der Waals surface area (Å²) in [4.78, 5) is 12.3. The Balaban J connectivity index is 2.06. The summed E-state index contributed by atoms with van der Waals surface area (Å²) in [5.74, 6) is -0.0320. The molecule has 2 aromatic rings. The van der Waals surface area contributed by atoms with Crippen LogP contribution in [0.3, 0.4) is 0 Å². The molecule has 1 atom stereocenters. The first kappa shape index (κ1) is 14.6. The molecule has 0 saturated heterocycles. The molecule has 1 aromatic heterocycles. The number of hydrogen-bond acceptors (Lipinski definition) is 4. The average Bonchev–Trinajstić information content (AvgIpc) is 2.79. The molecule has 0 bridgehead atoms. The number of aromatic nitrogens is 3. The SMILES string of the molecule is Cc1cccc(C)c1NC(=O)[C@H](C)Sc1nncn1C. The summed E-state index contributed by atoms with van der Waals surface area (Å²) >= 11 is 1.39. The molecule has 0 fully saturated rings. The van der Waals surface area contributed by atoms with Crippen molar-refractivity contribution in [1.82, 2.24) is 14.8 Å². The number of hydrogen-bond donors (Lipinski definition) is 1. The Bertz CT molecular complexity index is 603. The maximum absolute atomic E-state index is 12.3. The Labute approximate surface area is 122 Å². The average molecular weight is 290 g/mol. The molecule has 20 heavy (non-hydrogen) atoms. The Kier molecular flexibility index (Phi) is 4.44. The highest BCUT2D eigenvalue weighted by Crippen LogP contribution is 2.24. The molecule has 1 N–H and O–H groups in total. The van der Waals surface area contributed by atoms with Crippen LogP contribution in [-0.2, 0) is 11.8 Å². The molecule has 1 amide bonds. The topological polar surface area (TPSA) is 59.8 Å². The first-order valence-electron chi connectivity index (χ1n) is 6.36. The number of thioether (sulfide) groups is 1. The van der Waals surface area contributed by atoms with Gasteiger partial charge in [-0.2, -0.15) is 0 Å². The molecular weight excluding hydrogens is 272 g/mol. The minimum atomic E-state index is -0.239. The largest absolute Gasteiger partial charge is 0.325 e. The second-order valence-electron chi connectivity index (χ2n) is 4.74. The van der Waals surface area contributed by atoms with Gasteiger partial charge >= 0.3 is 0 Å². The first-order valence-corrected chi connectivity index (χ1v) is 7.24. The van der Waals surface area contributed by atoms with E-state index in [1.54, 1.807) is 10.9 Å². The molecule has 0 spiro atoms. The van der Waals surface area contributed by atoms with Gasteiger partial charge in [-0.25, -0.2) is 0 Å². The van der Waals surface area contributed by atoms with E-state index in [1.165, 1.54) is 11.8 Å². The Morgan fingerprint density at radius 1 is 1.35 bits per heavy atom. The highest BCUT2D eigenvalue weighted by atomic mass is 32.2. The predicted molar refractivity (Wildman–Crippen MR) is 80.9 cm³/mol. The molecule has 0 aliphatic heterocycles. The van der Waals surface area contributed by atoms with Gasteiger partial charge in [0, 0.05) is 12.7 Å². The number of benzene rings is 1. The van der Waals surface area contributed by atoms with Gasteiger partial charge in [-0.05, 0) is 31.9 Å². The minimum Gasteiger partial charge on any atom is -0.325 e. The van der Waals surface area contributed by atoms with Crippen molar-refractivity contribution in [3.63, 3.8) is 0 Å². The summed E-state index contributed by atoms with van der Waals surface area (Å²) < 4.78 is 1.80. The van der Waals surface area contributed by atoms with E-state index in [2.05, 4.69) is 15.5 Å². The van der Waals surface area contributed by atoms with E-state index in [0.717, 1.165) is 22.0 Å². The zero-order valence-corrected chi connectivity index (χ0v) is 12.9. The first-order chi connectivity index (χ1) is 9.49. The molecular formula is C14H18N4OS. The summed E-state index contributed by atoms with van der Waals surface area (Å²) in [6.07, 6.45) is 1.62. The van der Waals surface area contributed by atoms with Crippen molar-refractivity contribution >= 4 is 23.4 Å². The van der Waals surface area contributed by atoms with Crippen LogP contribution in [0.1, 0.15) is 18.1 Å². The number of rotatable bonds is 4. The van der Waals surface area contributed by atoms with E-state index in [-0.39, 0.29) is 11.2 Å². The van der Waals surface area contributed by atoms with Crippen LogP contribution in [0.4, 0.5) is 5.69 Å². The van der Waals surface area contributed by atoms with Crippen LogP contribution in [0.25, 0.3) is 0 Å². The molecule has 0 aliphatic carbocycles. The lowest BCUT2D eigenvalue weighted by Gasteiger charge is -2.14. The van der Waals surface area contributed by atoms with Gasteiger partial charge in [0.2, 0.25) is 5.91 Å². The predicted octanol–water partition coefficient (Wildman–Crippen LogP) is 2.55. The lowest BCUT2D eigenvalue weighted by Crippen LogP contribution is -2.23. The summed E-state index contributed by atoms with van der Waals surface area (Å²) in [6.45, 7) is 5.84. The lowest BCUT2D eigenvalue weighted by molar-refractivity contribution is -0.115. The zero-order valence-electron chi connectivity index (χ0n) is 12.0. The van der Waals surface area contributed by atoms with E-state index >= 15 is 0 Å². The summed E-state index contributed by atoms with van der Waals surface area (Å²) in [5.41, 5.74) is 3.02. The third-order valence-corrected chi connectivity index (χ3v) is 4.20. The summed E-state index contributed by atoms with van der Waals surface area (Å²) in [6, 6.07) is 5.96. The molecule has 0 saturated carbocycles. The normalized spacial score (nSPS) is 12.2. The van der Waals surface area contributed by atoms with Crippen molar-refractivity contribution in [3.05, 3.63) is 35.7 Å². The standard InChI is InChI=1S/C14H18N4OS/c1-9-6-5-7-10(2)12(9)16-13(19)11(3)20-14-17-15-8-18(14)4/h5-8,11H,1-4H3,(H,16,19)/t11-/m0/s1. The van der Waals surface area contributed by atoms with Crippen molar-refractivity contribution < 1.29 is 4.79 Å². The van der Waals surface area contributed by atoms with Crippen molar-refractivity contribution in [2.75, 3.05) is 5.32 Å². The van der Waals surface area contributed by atoms with Crippen molar-refractivity contribution in [3.8, 4) is 0 Å². The van der Waals surface area contributed by atoms with Crippen LogP contribution in [-0.4, -0.2) is 25.9 Å². The number of anilines is 1. The number of para-hydroxylation sites is 1. The van der Waals surface area contributed by atoms with Gasteiger partial charge in [0.25, 0.3) is 0 Å². The number of nitrogens with one attached hydrogen (secondary N) is 1. The maximum Gasteiger partial charge on any atom is 0.237 e. The molecule has 6 heteroatoms. The number of carbonyl (C=O) groups is 1. The maximum atomic E-state index is 12.3. The number of amides is 1. The molecule has 5 nitrogen and oxygen atoms in total. The van der Waals surface area contributed by atoms with Crippen LogP contribution in [0.15, 0.2) is 29.7 Å². The van der Waals surface area contributed by atoms with Gasteiger partial charge in [-0.1, -0.05) is 30.0 Å². The highest BCUT2D eigenvalue weighted by molar-refractivity contribution is 8.00. The fourth-order valence-electron chi connectivity index (χ4n) is 1.83. The second kappa shape index (κ2) is 6.09. The lowest BCUT2D eigenvalue weighted by atomic mass is 10.1.